The van der Waals surface area contributed by atoms with Gasteiger partial charge in [0.15, 0.2) is 0 Å². The van der Waals surface area contributed by atoms with Crippen molar-refractivity contribution in [2.24, 2.45) is 5.92 Å². The first-order valence-corrected chi connectivity index (χ1v) is 11.1. The van der Waals surface area contributed by atoms with Crippen LogP contribution in [-0.4, -0.2) is 40.0 Å². The molecule has 2 amide bonds. The molecule has 1 atom stereocenters. The van der Waals surface area contributed by atoms with E-state index in [4.69, 9.17) is 0 Å². The van der Waals surface area contributed by atoms with Crippen molar-refractivity contribution in [3.63, 3.8) is 0 Å². The molecule has 1 saturated heterocycles. The molecular formula is C21H24BrN3O2S. The number of aromatic nitrogens is 1. The molecule has 2 heterocycles. The Morgan fingerprint density at radius 1 is 1.21 bits per heavy atom. The van der Waals surface area contributed by atoms with Gasteiger partial charge in [0.2, 0.25) is 5.91 Å². The third kappa shape index (κ3) is 5.58. The van der Waals surface area contributed by atoms with Crippen LogP contribution < -0.4 is 5.32 Å². The summed E-state index contributed by atoms with van der Waals surface area (Å²) in [6, 6.07) is 11.3. The van der Waals surface area contributed by atoms with E-state index in [9.17, 15) is 9.59 Å². The molecule has 1 aromatic heterocycles. The highest BCUT2D eigenvalue weighted by molar-refractivity contribution is 9.10. The lowest BCUT2D eigenvalue weighted by Gasteiger charge is -2.32. The second-order valence-corrected chi connectivity index (χ2v) is 9.70. The van der Waals surface area contributed by atoms with Crippen molar-refractivity contribution in [1.29, 1.82) is 0 Å². The molecule has 1 aliphatic rings. The maximum atomic E-state index is 12.9. The lowest BCUT2D eigenvalue weighted by molar-refractivity contribution is -0.121. The Bertz CT molecular complexity index is 825. The zero-order chi connectivity index (χ0) is 20.1. The minimum absolute atomic E-state index is 0.0136. The van der Waals surface area contributed by atoms with Crippen LogP contribution in [0.2, 0.25) is 0 Å². The first kappa shape index (κ1) is 20.9. The molecule has 28 heavy (non-hydrogen) atoms. The number of nitrogens with zero attached hydrogens (tertiary/aromatic N) is 2. The fraction of sp³-hybridized carbons (Fsp3) is 0.381. The van der Waals surface area contributed by atoms with Crippen LogP contribution in [0.15, 0.2) is 52.0 Å². The number of carbonyl (C=O) groups is 2. The number of pyridine rings is 1. The molecule has 148 valence electrons. The summed E-state index contributed by atoms with van der Waals surface area (Å²) in [5.41, 5.74) is 0.670. The first-order valence-electron chi connectivity index (χ1n) is 9.41. The molecule has 1 aliphatic heterocycles. The quantitative estimate of drug-likeness (QED) is 0.647. The number of nitrogens with one attached hydrogen (secondary N) is 1. The van der Waals surface area contributed by atoms with E-state index in [1.54, 1.807) is 28.9 Å². The number of thioether (sulfide) groups is 1. The second kappa shape index (κ2) is 9.56. The molecule has 3 rings (SSSR count). The fourth-order valence-electron chi connectivity index (χ4n) is 3.18. The number of carbonyl (C=O) groups excluding carboxylic acids is 2. The second-order valence-electron chi connectivity index (χ2n) is 7.13. The van der Waals surface area contributed by atoms with Crippen LogP contribution in [0.1, 0.15) is 37.0 Å². The molecule has 0 spiro atoms. The Labute approximate surface area is 178 Å². The Balaban J connectivity index is 1.61. The standard InChI is InChI=1S/C21H24BrN3O2S/c1-14(2)28-18-8-5-15(6-9-18)21(27)25-11-3-4-16(13-25)20(26)24-19-10-7-17(22)12-23-19/h5-10,12,14,16H,3-4,11,13H2,1-2H3,(H,23,24,26). The Kier molecular flexibility index (Phi) is 7.13. The Morgan fingerprint density at radius 3 is 2.61 bits per heavy atom. The van der Waals surface area contributed by atoms with Crippen LogP contribution in [0, 0.1) is 5.92 Å². The van der Waals surface area contributed by atoms with Gasteiger partial charge in [-0.25, -0.2) is 4.98 Å². The molecule has 5 nitrogen and oxygen atoms in total. The lowest BCUT2D eigenvalue weighted by atomic mass is 9.96. The van der Waals surface area contributed by atoms with Gasteiger partial charge in [-0.3, -0.25) is 9.59 Å². The van der Waals surface area contributed by atoms with Gasteiger partial charge >= 0.3 is 0 Å². The molecule has 1 aromatic carbocycles. The number of rotatable bonds is 5. The molecule has 0 saturated carbocycles. The molecule has 7 heteroatoms. The molecule has 0 aliphatic carbocycles. The number of likely N-dealkylation sites (tertiary alicyclic amines) is 1. The summed E-state index contributed by atoms with van der Waals surface area (Å²) < 4.78 is 0.859. The van der Waals surface area contributed by atoms with E-state index in [1.165, 1.54) is 0 Å². The van der Waals surface area contributed by atoms with Crippen LogP contribution in [0.3, 0.4) is 0 Å². The van der Waals surface area contributed by atoms with Gasteiger partial charge in [-0.2, -0.15) is 0 Å². The smallest absolute Gasteiger partial charge is 0.253 e. The topological polar surface area (TPSA) is 62.3 Å². The van der Waals surface area contributed by atoms with E-state index in [2.05, 4.69) is 40.1 Å². The van der Waals surface area contributed by atoms with E-state index >= 15 is 0 Å². The third-order valence-corrected chi connectivity index (χ3v) is 6.02. The van der Waals surface area contributed by atoms with Gasteiger partial charge in [-0.1, -0.05) is 13.8 Å². The molecular weight excluding hydrogens is 438 g/mol. The first-order chi connectivity index (χ1) is 13.4. The third-order valence-electron chi connectivity index (χ3n) is 4.53. The number of amides is 2. The van der Waals surface area contributed by atoms with Gasteiger partial charge in [-0.15, -0.1) is 11.8 Å². The average Bonchev–Trinajstić information content (AvgIpc) is 2.69. The highest BCUT2D eigenvalue weighted by atomic mass is 79.9. The van der Waals surface area contributed by atoms with Gasteiger partial charge in [-0.05, 0) is 65.2 Å². The van der Waals surface area contributed by atoms with Crippen molar-refractivity contribution in [2.45, 2.75) is 36.8 Å². The summed E-state index contributed by atoms with van der Waals surface area (Å²) in [5, 5.41) is 3.36. The number of piperidine rings is 1. The molecule has 0 radical (unpaired) electrons. The monoisotopic (exact) mass is 461 g/mol. The summed E-state index contributed by atoms with van der Waals surface area (Å²) in [7, 11) is 0. The van der Waals surface area contributed by atoms with Gasteiger partial charge in [0.1, 0.15) is 5.82 Å². The predicted octanol–water partition coefficient (Wildman–Crippen LogP) is 4.84. The maximum absolute atomic E-state index is 12.9. The zero-order valence-corrected chi connectivity index (χ0v) is 18.4. The largest absolute Gasteiger partial charge is 0.338 e. The number of anilines is 1. The van der Waals surface area contributed by atoms with Gasteiger partial charge < -0.3 is 10.2 Å². The number of benzene rings is 1. The van der Waals surface area contributed by atoms with Crippen molar-refractivity contribution < 1.29 is 9.59 Å². The van der Waals surface area contributed by atoms with Crippen molar-refractivity contribution in [3.05, 3.63) is 52.6 Å². The summed E-state index contributed by atoms with van der Waals surface area (Å²) in [6.07, 6.45) is 3.24. The summed E-state index contributed by atoms with van der Waals surface area (Å²) in [5.74, 6) is 0.199. The van der Waals surface area contributed by atoms with Crippen molar-refractivity contribution in [2.75, 3.05) is 18.4 Å². The molecule has 1 unspecified atom stereocenters. The lowest BCUT2D eigenvalue weighted by Crippen LogP contribution is -2.43. The molecule has 1 fully saturated rings. The van der Waals surface area contributed by atoms with E-state index in [1.807, 2.05) is 30.3 Å². The van der Waals surface area contributed by atoms with Gasteiger partial charge in [0, 0.05) is 39.5 Å². The minimum Gasteiger partial charge on any atom is -0.338 e. The van der Waals surface area contributed by atoms with E-state index in [0.717, 1.165) is 22.2 Å². The molecule has 2 aromatic rings. The van der Waals surface area contributed by atoms with Crippen LogP contribution in [0.4, 0.5) is 5.82 Å². The highest BCUT2D eigenvalue weighted by Crippen LogP contribution is 2.25. The van der Waals surface area contributed by atoms with Gasteiger partial charge in [0.05, 0.1) is 5.92 Å². The van der Waals surface area contributed by atoms with Gasteiger partial charge in [0.25, 0.3) is 5.91 Å². The summed E-state index contributed by atoms with van der Waals surface area (Å²) in [6.45, 7) is 5.41. The highest BCUT2D eigenvalue weighted by Gasteiger charge is 2.29. The van der Waals surface area contributed by atoms with E-state index in [0.29, 0.717) is 29.7 Å². The van der Waals surface area contributed by atoms with E-state index in [-0.39, 0.29) is 17.7 Å². The van der Waals surface area contributed by atoms with Crippen LogP contribution in [0.5, 0.6) is 0 Å². The minimum atomic E-state index is -0.223. The van der Waals surface area contributed by atoms with Crippen LogP contribution >= 0.6 is 27.7 Å². The van der Waals surface area contributed by atoms with Crippen molar-refractivity contribution in [1.82, 2.24) is 9.88 Å². The average molecular weight is 462 g/mol. The maximum Gasteiger partial charge on any atom is 0.253 e. The number of halogens is 1. The molecule has 1 N–H and O–H groups in total. The normalized spacial score (nSPS) is 16.9. The van der Waals surface area contributed by atoms with Crippen LogP contribution in [-0.2, 0) is 4.79 Å². The number of hydrogen-bond acceptors (Lipinski definition) is 4. The Hall–Kier alpha value is -1.86. The fourth-order valence-corrected chi connectivity index (χ4v) is 4.26. The summed E-state index contributed by atoms with van der Waals surface area (Å²) >= 11 is 5.10. The summed E-state index contributed by atoms with van der Waals surface area (Å²) in [4.78, 5) is 32.6. The van der Waals surface area contributed by atoms with Crippen molar-refractivity contribution in [3.8, 4) is 0 Å². The Morgan fingerprint density at radius 2 is 1.96 bits per heavy atom. The van der Waals surface area contributed by atoms with E-state index < -0.39 is 0 Å². The van der Waals surface area contributed by atoms with Crippen LogP contribution in [0.25, 0.3) is 0 Å². The predicted molar refractivity (Wildman–Crippen MR) is 117 cm³/mol. The van der Waals surface area contributed by atoms with Crippen molar-refractivity contribution >= 4 is 45.3 Å². The SMILES string of the molecule is CC(C)Sc1ccc(C(=O)N2CCCC(C(=O)Nc3ccc(Br)cn3)C2)cc1. The number of hydrogen-bond donors (Lipinski definition) is 1. The zero-order valence-electron chi connectivity index (χ0n) is 16.0. The molecule has 0 bridgehead atoms.